The molecule has 3 aliphatic heterocycles. The quantitative estimate of drug-likeness (QED) is 0.380. The Morgan fingerprint density at radius 1 is 1.18 bits per heavy atom. The first kappa shape index (κ1) is 30.4. The van der Waals surface area contributed by atoms with E-state index in [1.807, 2.05) is 50.8 Å². The van der Waals surface area contributed by atoms with Gasteiger partial charge in [-0.1, -0.05) is 51.1 Å². The Bertz CT molecular complexity index is 1150. The first-order valence-electron chi connectivity index (χ1n) is 14.6. The third kappa shape index (κ3) is 4.61. The first-order chi connectivity index (χ1) is 19.1. The van der Waals surface area contributed by atoms with Crippen LogP contribution in [0, 0.1) is 31.6 Å². The minimum absolute atomic E-state index is 0.0193. The van der Waals surface area contributed by atoms with Crippen LogP contribution in [0.1, 0.15) is 51.2 Å². The number of hydrogen-bond donors (Lipinski definition) is 1. The smallest absolute Gasteiger partial charge is 0.251 e. The topological polar surface area (TPSA) is 81.2 Å². The molecule has 7 nitrogen and oxygen atoms in total. The number of anilines is 1. The molecule has 0 radical (unpaired) electrons. The normalized spacial score (nSPS) is 29.3. The van der Waals surface area contributed by atoms with Crippen LogP contribution >= 0.6 is 11.8 Å². The number of rotatable bonds is 12. The van der Waals surface area contributed by atoms with E-state index in [4.69, 9.17) is 0 Å². The van der Waals surface area contributed by atoms with Gasteiger partial charge in [0.1, 0.15) is 6.04 Å². The van der Waals surface area contributed by atoms with Crippen molar-refractivity contribution >= 4 is 35.2 Å². The summed E-state index contributed by atoms with van der Waals surface area (Å²) in [7, 11) is 0. The standard InChI is InChI=1S/C32H45N3O4S/c1-8-15-33(16-9-2)29(37)25-24-18-22(7)32(40-24)26(25)30(38)35(23(11-4)19-36)28(32)31(39)34(17-10-3)27-20(5)13-12-14-21(27)6/h8,10,12-14,22-26,28,36H,1,3,9,11,15-19H2,2,4-7H3/t22?,23-,24+,25-,26-,28?,32?/m0/s1. The number of amides is 3. The van der Waals surface area contributed by atoms with Crippen LogP contribution in [-0.4, -0.2) is 80.9 Å². The number of aliphatic hydroxyl groups is 1. The number of para-hydroxylation sites is 1. The second kappa shape index (κ2) is 12.1. The van der Waals surface area contributed by atoms with Crippen molar-refractivity contribution < 1.29 is 19.5 Å². The Hall–Kier alpha value is -2.58. The molecular formula is C32H45N3O4S. The molecule has 3 aliphatic rings. The number of benzene rings is 1. The highest BCUT2D eigenvalue weighted by Gasteiger charge is 2.77. The van der Waals surface area contributed by atoms with Crippen LogP contribution in [0.15, 0.2) is 43.5 Å². The highest BCUT2D eigenvalue weighted by atomic mass is 32.2. The molecule has 3 amide bonds. The SMILES string of the molecule is C=CCN(CCC)C(=O)[C@@H]1[C@H]2C(=O)N([C@@H](CC)CO)C(C(=O)N(CC=C)c3c(C)cccc3C)C23S[C@@H]1CC3C. The molecule has 3 saturated heterocycles. The fraction of sp³-hybridized carbons (Fsp3) is 0.594. The Morgan fingerprint density at radius 2 is 1.82 bits per heavy atom. The highest BCUT2D eigenvalue weighted by molar-refractivity contribution is 8.02. The van der Waals surface area contributed by atoms with Crippen LogP contribution in [0.4, 0.5) is 5.69 Å². The fourth-order valence-corrected chi connectivity index (χ4v) is 9.95. The van der Waals surface area contributed by atoms with Gasteiger partial charge in [0, 0.05) is 30.6 Å². The maximum atomic E-state index is 14.9. The van der Waals surface area contributed by atoms with E-state index in [9.17, 15) is 19.5 Å². The minimum atomic E-state index is -0.789. The average Bonchev–Trinajstić information content (AvgIpc) is 3.52. The summed E-state index contributed by atoms with van der Waals surface area (Å²) in [6.07, 6.45) is 5.55. The lowest BCUT2D eigenvalue weighted by molar-refractivity contribution is -0.145. The van der Waals surface area contributed by atoms with Crippen LogP contribution in [0.25, 0.3) is 0 Å². The molecule has 0 aliphatic carbocycles. The largest absolute Gasteiger partial charge is 0.394 e. The molecule has 1 aromatic rings. The number of carbonyl (C=O) groups excluding carboxylic acids is 3. The van der Waals surface area contributed by atoms with E-state index in [0.29, 0.717) is 26.1 Å². The number of likely N-dealkylation sites (tertiary alicyclic amines) is 1. The monoisotopic (exact) mass is 567 g/mol. The molecule has 0 saturated carbocycles. The van der Waals surface area contributed by atoms with E-state index in [0.717, 1.165) is 29.7 Å². The van der Waals surface area contributed by atoms with Crippen LogP contribution in [0.3, 0.4) is 0 Å². The number of carbonyl (C=O) groups is 3. The Balaban J connectivity index is 1.87. The summed E-state index contributed by atoms with van der Waals surface area (Å²) in [4.78, 5) is 48.7. The van der Waals surface area contributed by atoms with E-state index >= 15 is 0 Å². The zero-order valence-electron chi connectivity index (χ0n) is 24.6. The van der Waals surface area contributed by atoms with Crippen LogP contribution in [0.2, 0.25) is 0 Å². The second-order valence-electron chi connectivity index (χ2n) is 11.6. The van der Waals surface area contributed by atoms with E-state index in [2.05, 4.69) is 20.1 Å². The Morgan fingerprint density at radius 3 is 2.38 bits per heavy atom. The molecule has 218 valence electrons. The summed E-state index contributed by atoms with van der Waals surface area (Å²) in [5, 5.41) is 10.4. The van der Waals surface area contributed by atoms with Gasteiger partial charge in [-0.3, -0.25) is 14.4 Å². The minimum Gasteiger partial charge on any atom is -0.394 e. The molecule has 1 spiro atoms. The van der Waals surface area contributed by atoms with Gasteiger partial charge in [-0.05, 0) is 50.2 Å². The molecule has 4 rings (SSSR count). The van der Waals surface area contributed by atoms with E-state index in [1.165, 1.54) is 0 Å². The molecule has 3 unspecified atom stereocenters. The van der Waals surface area contributed by atoms with E-state index in [-0.39, 0.29) is 35.5 Å². The summed E-state index contributed by atoms with van der Waals surface area (Å²) in [6, 6.07) is 4.65. The van der Waals surface area contributed by atoms with Crippen LogP contribution in [0.5, 0.6) is 0 Å². The van der Waals surface area contributed by atoms with Crippen molar-refractivity contribution in [1.82, 2.24) is 9.80 Å². The van der Waals surface area contributed by atoms with E-state index < -0.39 is 28.7 Å². The zero-order chi connectivity index (χ0) is 29.4. The van der Waals surface area contributed by atoms with Crippen molar-refractivity contribution in [3.05, 3.63) is 54.6 Å². The molecule has 1 aromatic carbocycles. The fourth-order valence-electron chi connectivity index (χ4n) is 7.56. The maximum Gasteiger partial charge on any atom is 0.251 e. The molecule has 3 heterocycles. The lowest BCUT2D eigenvalue weighted by Crippen LogP contribution is -2.59. The van der Waals surface area contributed by atoms with Gasteiger partial charge in [0.2, 0.25) is 11.8 Å². The lowest BCUT2D eigenvalue weighted by Gasteiger charge is -2.42. The van der Waals surface area contributed by atoms with Crippen molar-refractivity contribution in [3.63, 3.8) is 0 Å². The van der Waals surface area contributed by atoms with Crippen molar-refractivity contribution in [2.75, 3.05) is 31.1 Å². The van der Waals surface area contributed by atoms with Gasteiger partial charge in [-0.15, -0.1) is 24.9 Å². The van der Waals surface area contributed by atoms with Crippen molar-refractivity contribution in [3.8, 4) is 0 Å². The summed E-state index contributed by atoms with van der Waals surface area (Å²) in [5.74, 6) is -1.41. The predicted molar refractivity (Wildman–Crippen MR) is 162 cm³/mol. The molecule has 8 heteroatoms. The van der Waals surface area contributed by atoms with Gasteiger partial charge < -0.3 is 19.8 Å². The van der Waals surface area contributed by atoms with Crippen molar-refractivity contribution in [2.45, 2.75) is 76.0 Å². The first-order valence-corrected chi connectivity index (χ1v) is 15.5. The summed E-state index contributed by atoms with van der Waals surface area (Å²) >= 11 is 1.68. The molecule has 2 bridgehead atoms. The zero-order valence-corrected chi connectivity index (χ0v) is 25.5. The Labute approximate surface area is 243 Å². The molecule has 40 heavy (non-hydrogen) atoms. The number of hydrogen-bond acceptors (Lipinski definition) is 5. The molecule has 7 atom stereocenters. The molecule has 1 N–H and O–H groups in total. The maximum absolute atomic E-state index is 14.9. The second-order valence-corrected chi connectivity index (χ2v) is 13.1. The summed E-state index contributed by atoms with van der Waals surface area (Å²) in [5.41, 5.74) is 2.77. The van der Waals surface area contributed by atoms with Gasteiger partial charge >= 0.3 is 0 Å². The van der Waals surface area contributed by atoms with Gasteiger partial charge in [0.05, 0.1) is 29.2 Å². The molecule has 0 aromatic heterocycles. The average molecular weight is 568 g/mol. The van der Waals surface area contributed by atoms with Gasteiger partial charge in [0.15, 0.2) is 0 Å². The summed E-state index contributed by atoms with van der Waals surface area (Å²) < 4.78 is -0.746. The van der Waals surface area contributed by atoms with Crippen LogP contribution < -0.4 is 4.90 Å². The number of fused-ring (bicyclic) bond motifs is 1. The number of thioether (sulfide) groups is 1. The highest BCUT2D eigenvalue weighted by Crippen LogP contribution is 2.69. The Kier molecular flexibility index (Phi) is 9.20. The number of aliphatic hydroxyl groups excluding tert-OH is 1. The van der Waals surface area contributed by atoms with Crippen LogP contribution in [-0.2, 0) is 14.4 Å². The van der Waals surface area contributed by atoms with Gasteiger partial charge in [-0.2, -0.15) is 0 Å². The van der Waals surface area contributed by atoms with Crippen molar-refractivity contribution in [2.24, 2.45) is 17.8 Å². The molecular weight excluding hydrogens is 522 g/mol. The summed E-state index contributed by atoms with van der Waals surface area (Å²) in [6.45, 7) is 18.9. The third-order valence-corrected chi connectivity index (χ3v) is 11.3. The number of aryl methyl sites for hydroxylation is 2. The van der Waals surface area contributed by atoms with E-state index in [1.54, 1.807) is 33.7 Å². The lowest BCUT2D eigenvalue weighted by atomic mass is 9.65. The molecule has 3 fully saturated rings. The predicted octanol–water partition coefficient (Wildman–Crippen LogP) is 4.36. The number of nitrogens with zero attached hydrogens (tertiary/aromatic N) is 3. The van der Waals surface area contributed by atoms with Gasteiger partial charge in [0.25, 0.3) is 5.91 Å². The van der Waals surface area contributed by atoms with Crippen molar-refractivity contribution in [1.29, 1.82) is 0 Å². The third-order valence-electron chi connectivity index (χ3n) is 9.22. The van der Waals surface area contributed by atoms with Gasteiger partial charge in [-0.25, -0.2) is 0 Å².